The molecule has 29 heavy (non-hydrogen) atoms. The normalized spacial score (nSPS) is 28.6. The van der Waals surface area contributed by atoms with E-state index in [0.29, 0.717) is 11.3 Å². The largest absolute Gasteiger partial charge is 0.477 e. The molecule has 0 radical (unpaired) electrons. The summed E-state index contributed by atoms with van der Waals surface area (Å²) < 4.78 is 0. The van der Waals surface area contributed by atoms with Gasteiger partial charge in [0.05, 0.1) is 0 Å². The van der Waals surface area contributed by atoms with E-state index in [1.165, 1.54) is 80.9 Å². The highest BCUT2D eigenvalue weighted by molar-refractivity contribution is 8.00. The van der Waals surface area contributed by atoms with Crippen molar-refractivity contribution in [2.24, 2.45) is 5.73 Å². The summed E-state index contributed by atoms with van der Waals surface area (Å²) in [4.78, 5) is 24.0. The number of nitrogens with one attached hydrogen (secondary N) is 1. The van der Waals surface area contributed by atoms with Crippen molar-refractivity contribution >= 4 is 23.6 Å². The van der Waals surface area contributed by atoms with Crippen LogP contribution < -0.4 is 11.1 Å². The van der Waals surface area contributed by atoms with E-state index < -0.39 is 12.0 Å². The number of hydrogen-bond donors (Lipinski definition) is 3. The first-order valence-corrected chi connectivity index (χ1v) is 12.1. The Morgan fingerprint density at radius 3 is 2.14 bits per heavy atom. The van der Waals surface area contributed by atoms with E-state index in [0.717, 1.165) is 12.1 Å². The van der Waals surface area contributed by atoms with E-state index in [1.807, 2.05) is 6.92 Å². The fourth-order valence-electron chi connectivity index (χ4n) is 4.74. The van der Waals surface area contributed by atoms with Crippen molar-refractivity contribution < 1.29 is 14.7 Å². The monoisotopic (exact) mass is 421 g/mol. The van der Waals surface area contributed by atoms with Gasteiger partial charge in [0, 0.05) is 17.8 Å². The lowest BCUT2D eigenvalue weighted by molar-refractivity contribution is -0.147. The van der Waals surface area contributed by atoms with Crippen LogP contribution in [0.3, 0.4) is 0 Å². The molecule has 2 saturated carbocycles. The maximum absolute atomic E-state index is 11.5. The zero-order valence-corrected chi connectivity index (χ0v) is 18.3. The molecule has 0 aromatic rings. The Labute approximate surface area is 178 Å². The molecule has 4 rings (SSSR count). The highest BCUT2D eigenvalue weighted by Crippen LogP contribution is 2.39. The van der Waals surface area contributed by atoms with Gasteiger partial charge in [-0.05, 0) is 38.2 Å². The smallest absolute Gasteiger partial charge is 0.352 e. The minimum Gasteiger partial charge on any atom is -0.477 e. The zero-order chi connectivity index (χ0) is 20.8. The lowest BCUT2D eigenvalue weighted by Crippen LogP contribution is -2.68. The van der Waals surface area contributed by atoms with E-state index in [2.05, 4.69) is 5.32 Å². The lowest BCUT2D eigenvalue weighted by Gasteiger charge is -2.47. The van der Waals surface area contributed by atoms with Crippen LogP contribution in [-0.2, 0) is 9.59 Å². The number of carbonyl (C=O) groups is 2. The number of carboxylic acid groups (broad SMARTS) is 1. The molecule has 0 aromatic carbocycles. The predicted molar refractivity (Wildman–Crippen MR) is 117 cm³/mol. The van der Waals surface area contributed by atoms with Crippen molar-refractivity contribution in [2.45, 2.75) is 94.6 Å². The van der Waals surface area contributed by atoms with Crippen molar-refractivity contribution in [1.29, 1.82) is 0 Å². The first-order valence-electron chi connectivity index (χ1n) is 11.1. The standard InChI is InChI=1S/C12H23N.C10H12N2O3S/c1-3-7-11(8-4-1)13-12-9-5-2-6-10-12;1-2-3-5-4-16-9-6(11)8(13)12(9)7(5)10(14)15/h11-13H,1-10H2;2-3,6,9H,4,11H2,1H3,(H,14,15)/b;3-2-/t;6?,9-/m.1/s1. The van der Waals surface area contributed by atoms with Crippen molar-refractivity contribution in [2.75, 3.05) is 5.75 Å². The maximum atomic E-state index is 11.5. The van der Waals surface area contributed by atoms with E-state index in [-0.39, 0.29) is 17.0 Å². The molecule has 0 bridgehead atoms. The van der Waals surface area contributed by atoms with Gasteiger partial charge in [-0.1, -0.05) is 50.7 Å². The second-order valence-corrected chi connectivity index (χ2v) is 9.56. The fourth-order valence-corrected chi connectivity index (χ4v) is 6.01. The number of nitrogens with zero attached hydrogens (tertiary/aromatic N) is 1. The molecule has 2 aliphatic carbocycles. The molecule has 0 spiro atoms. The molecule has 4 aliphatic rings. The minimum absolute atomic E-state index is 0.0774. The molecule has 1 saturated heterocycles. The van der Waals surface area contributed by atoms with E-state index in [9.17, 15) is 9.59 Å². The molecule has 2 heterocycles. The number of amides is 1. The third-order valence-corrected chi connectivity index (χ3v) is 7.61. The van der Waals surface area contributed by atoms with Crippen molar-refractivity contribution in [3.63, 3.8) is 0 Å². The lowest BCUT2D eigenvalue weighted by atomic mass is 9.91. The van der Waals surface area contributed by atoms with Gasteiger partial charge in [-0.25, -0.2) is 4.79 Å². The Hall–Kier alpha value is -1.31. The second kappa shape index (κ2) is 10.6. The first-order chi connectivity index (χ1) is 14.0. The Balaban J connectivity index is 0.000000169. The number of aliphatic carboxylic acids is 1. The average Bonchev–Trinajstić information content (AvgIpc) is 2.75. The van der Waals surface area contributed by atoms with E-state index in [1.54, 1.807) is 12.2 Å². The summed E-state index contributed by atoms with van der Waals surface area (Å²) in [5.41, 5.74) is 6.35. The number of carbonyl (C=O) groups excluding carboxylic acids is 1. The van der Waals surface area contributed by atoms with E-state index in [4.69, 9.17) is 10.8 Å². The molecule has 1 amide bonds. The van der Waals surface area contributed by atoms with Crippen molar-refractivity contribution in [3.05, 3.63) is 23.4 Å². The van der Waals surface area contributed by atoms with Crippen LogP contribution in [0.25, 0.3) is 0 Å². The number of β-lactam (4-membered cyclic amide) rings is 1. The number of allylic oxidation sites excluding steroid dienone is 2. The summed E-state index contributed by atoms with van der Waals surface area (Å²) in [6, 6.07) is 1.18. The Morgan fingerprint density at radius 1 is 1.10 bits per heavy atom. The Kier molecular flexibility index (Phi) is 8.21. The third-order valence-electron chi connectivity index (χ3n) is 6.29. The van der Waals surface area contributed by atoms with Gasteiger partial charge in [0.1, 0.15) is 17.1 Å². The zero-order valence-electron chi connectivity index (χ0n) is 17.4. The Bertz CT molecular complexity index is 636. The van der Waals surface area contributed by atoms with Gasteiger partial charge in [-0.3, -0.25) is 9.69 Å². The number of nitrogens with two attached hydrogens (primary N) is 1. The van der Waals surface area contributed by atoms with Crippen molar-refractivity contribution in [3.8, 4) is 0 Å². The number of hydrogen-bond acceptors (Lipinski definition) is 5. The summed E-state index contributed by atoms with van der Waals surface area (Å²) in [6.07, 6.45) is 18.1. The van der Waals surface area contributed by atoms with Gasteiger partial charge in [0.25, 0.3) is 0 Å². The van der Waals surface area contributed by atoms with Gasteiger partial charge >= 0.3 is 5.97 Å². The van der Waals surface area contributed by atoms with Gasteiger partial charge < -0.3 is 16.2 Å². The molecule has 2 aliphatic heterocycles. The Morgan fingerprint density at radius 2 is 1.66 bits per heavy atom. The number of thioether (sulfide) groups is 1. The van der Waals surface area contributed by atoms with Crippen molar-refractivity contribution in [1.82, 2.24) is 10.2 Å². The van der Waals surface area contributed by atoms with Crippen LogP contribution in [0.15, 0.2) is 23.4 Å². The van der Waals surface area contributed by atoms with Crippen LogP contribution in [0.1, 0.15) is 71.1 Å². The molecule has 7 heteroatoms. The highest BCUT2D eigenvalue weighted by atomic mass is 32.2. The molecule has 162 valence electrons. The van der Waals surface area contributed by atoms with Gasteiger partial charge in [-0.2, -0.15) is 0 Å². The fraction of sp³-hybridized carbons (Fsp3) is 0.727. The molecule has 1 unspecified atom stereocenters. The van der Waals surface area contributed by atoms with Crippen LogP contribution >= 0.6 is 11.8 Å². The van der Waals surface area contributed by atoms with Gasteiger partial charge in [0.15, 0.2) is 0 Å². The molecular weight excluding hydrogens is 386 g/mol. The summed E-state index contributed by atoms with van der Waals surface area (Å²) >= 11 is 1.50. The topological polar surface area (TPSA) is 95.7 Å². The quantitative estimate of drug-likeness (QED) is 0.602. The highest BCUT2D eigenvalue weighted by Gasteiger charge is 2.51. The molecular formula is C22H35N3O3S. The maximum Gasteiger partial charge on any atom is 0.352 e. The molecule has 6 nitrogen and oxygen atoms in total. The summed E-state index contributed by atoms with van der Waals surface area (Å²) in [7, 11) is 0. The minimum atomic E-state index is -1.07. The third kappa shape index (κ3) is 5.44. The summed E-state index contributed by atoms with van der Waals surface area (Å²) in [5.74, 6) is -0.802. The molecule has 3 fully saturated rings. The number of fused-ring (bicyclic) bond motifs is 1. The van der Waals surface area contributed by atoms with Crippen LogP contribution in [-0.4, -0.2) is 51.1 Å². The second-order valence-electron chi connectivity index (χ2n) is 8.45. The van der Waals surface area contributed by atoms with Crippen LogP contribution in [0.2, 0.25) is 0 Å². The van der Waals surface area contributed by atoms with Crippen LogP contribution in [0.5, 0.6) is 0 Å². The van der Waals surface area contributed by atoms with Gasteiger partial charge in [-0.15, -0.1) is 11.8 Å². The van der Waals surface area contributed by atoms with Gasteiger partial charge in [0.2, 0.25) is 5.91 Å². The SMILES string of the molecule is C/C=C\C1=C(C(=O)O)N2C(=O)C(N)[C@H]2SC1.C1CCC(NC2CCCCC2)CC1. The molecule has 2 atom stereocenters. The average molecular weight is 422 g/mol. The number of carboxylic acids is 1. The summed E-state index contributed by atoms with van der Waals surface area (Å²) in [6.45, 7) is 1.81. The molecule has 0 aromatic heterocycles. The number of rotatable bonds is 4. The van der Waals surface area contributed by atoms with Crippen LogP contribution in [0.4, 0.5) is 0 Å². The van der Waals surface area contributed by atoms with Crippen LogP contribution in [0, 0.1) is 0 Å². The summed E-state index contributed by atoms with van der Waals surface area (Å²) in [5, 5.41) is 12.8. The first kappa shape index (κ1) is 22.4. The molecule has 4 N–H and O–H groups in total. The predicted octanol–water partition coefficient (Wildman–Crippen LogP) is 3.39. The van der Waals surface area contributed by atoms with E-state index >= 15 is 0 Å².